The maximum absolute atomic E-state index is 13.4. The predicted molar refractivity (Wildman–Crippen MR) is 114 cm³/mol. The number of aromatic nitrogens is 2. The zero-order valence-electron chi connectivity index (χ0n) is 17.7. The highest BCUT2D eigenvalue weighted by Crippen LogP contribution is 2.35. The Kier molecular flexibility index (Phi) is 6.27. The average Bonchev–Trinajstić information content (AvgIpc) is 3.10. The van der Waals surface area contributed by atoms with Crippen LogP contribution in [0.2, 0.25) is 0 Å². The van der Waals surface area contributed by atoms with Crippen molar-refractivity contribution in [3.05, 3.63) is 30.1 Å². The molecule has 2 aliphatic heterocycles. The van der Waals surface area contributed by atoms with Crippen LogP contribution in [0, 0.1) is 17.8 Å². The highest BCUT2D eigenvalue weighted by molar-refractivity contribution is 5.90. The molecule has 2 saturated heterocycles. The van der Waals surface area contributed by atoms with E-state index in [1.54, 1.807) is 12.3 Å². The zero-order chi connectivity index (χ0) is 21.3. The summed E-state index contributed by atoms with van der Waals surface area (Å²) in [6.45, 7) is 5.87. The Morgan fingerprint density at radius 3 is 2.53 bits per heavy atom. The second-order valence-corrected chi connectivity index (χ2v) is 9.20. The number of nitrogens with zero attached hydrogens (tertiary/aromatic N) is 4. The summed E-state index contributed by atoms with van der Waals surface area (Å²) in [4.78, 5) is 25.8. The van der Waals surface area contributed by atoms with Gasteiger partial charge in [0.15, 0.2) is 0 Å². The number of ketones is 1. The van der Waals surface area contributed by atoms with Crippen molar-refractivity contribution in [3.63, 3.8) is 0 Å². The Labute approximate surface area is 176 Å². The van der Waals surface area contributed by atoms with Gasteiger partial charge in [0.05, 0.1) is 11.2 Å². The number of Topliss-reactive ketones (excluding diaryl/α,β-unsaturated/α-hetero) is 1. The molecule has 4 rings (SSSR count). The number of rotatable bonds is 6. The minimum Gasteiger partial charge on any atom is -0.369 e. The minimum absolute atomic E-state index is 0.0832. The van der Waals surface area contributed by atoms with E-state index in [2.05, 4.69) is 33.7 Å². The first kappa shape index (κ1) is 21.1. The van der Waals surface area contributed by atoms with E-state index < -0.39 is 6.43 Å². The lowest BCUT2D eigenvalue weighted by Crippen LogP contribution is -2.40. The van der Waals surface area contributed by atoms with Gasteiger partial charge in [-0.05, 0) is 56.3 Å². The van der Waals surface area contributed by atoms with Crippen LogP contribution in [-0.4, -0.2) is 53.9 Å². The molecule has 0 N–H and O–H groups in total. The molecular formula is C23H30F2N4O. The molecule has 2 fully saturated rings. The van der Waals surface area contributed by atoms with Crippen molar-refractivity contribution in [2.75, 3.05) is 38.1 Å². The number of anilines is 1. The summed E-state index contributed by atoms with van der Waals surface area (Å²) >= 11 is 0. The molecule has 0 spiro atoms. The molecule has 5 nitrogen and oxygen atoms in total. The molecule has 0 amide bonds. The van der Waals surface area contributed by atoms with E-state index >= 15 is 0 Å². The van der Waals surface area contributed by atoms with Gasteiger partial charge in [-0.3, -0.25) is 14.8 Å². The van der Waals surface area contributed by atoms with Crippen LogP contribution in [0.15, 0.2) is 24.5 Å². The fraction of sp³-hybridized carbons (Fsp3) is 0.609. The number of piperidine rings is 1. The van der Waals surface area contributed by atoms with E-state index in [1.165, 1.54) is 12.3 Å². The molecule has 1 aromatic carbocycles. The van der Waals surface area contributed by atoms with Gasteiger partial charge in [0.1, 0.15) is 11.3 Å². The predicted octanol–water partition coefficient (Wildman–Crippen LogP) is 4.33. The summed E-state index contributed by atoms with van der Waals surface area (Å²) < 4.78 is 26.8. The van der Waals surface area contributed by atoms with Crippen molar-refractivity contribution < 1.29 is 13.6 Å². The first-order chi connectivity index (χ1) is 14.4. The minimum atomic E-state index is -2.58. The smallest absolute Gasteiger partial charge is 0.266 e. The van der Waals surface area contributed by atoms with Crippen LogP contribution >= 0.6 is 0 Å². The van der Waals surface area contributed by atoms with Crippen molar-refractivity contribution in [3.8, 4) is 0 Å². The number of halogens is 2. The fourth-order valence-corrected chi connectivity index (χ4v) is 5.24. The van der Waals surface area contributed by atoms with Gasteiger partial charge in [0, 0.05) is 50.4 Å². The van der Waals surface area contributed by atoms with E-state index in [9.17, 15) is 13.6 Å². The highest BCUT2D eigenvalue weighted by atomic mass is 19.3. The third-order valence-electron chi connectivity index (χ3n) is 6.48. The molecule has 0 bridgehead atoms. The summed E-state index contributed by atoms with van der Waals surface area (Å²) in [6, 6.07) is 3.21. The first-order valence-electron chi connectivity index (χ1n) is 10.9. The number of hydrogen-bond acceptors (Lipinski definition) is 5. The number of carbonyl (C=O) groups excluding carboxylic acids is 1. The topological polar surface area (TPSA) is 49.3 Å². The van der Waals surface area contributed by atoms with Crippen molar-refractivity contribution in [1.29, 1.82) is 0 Å². The second kappa shape index (κ2) is 8.92. The summed E-state index contributed by atoms with van der Waals surface area (Å²) in [6.07, 6.45) is 3.82. The van der Waals surface area contributed by atoms with E-state index in [4.69, 9.17) is 0 Å². The van der Waals surface area contributed by atoms with Gasteiger partial charge in [0.2, 0.25) is 0 Å². The third kappa shape index (κ3) is 4.61. The lowest BCUT2D eigenvalue weighted by molar-refractivity contribution is -0.120. The second-order valence-electron chi connectivity index (χ2n) is 9.20. The Morgan fingerprint density at radius 1 is 1.10 bits per heavy atom. The largest absolute Gasteiger partial charge is 0.369 e. The summed E-state index contributed by atoms with van der Waals surface area (Å²) in [7, 11) is 2.11. The monoisotopic (exact) mass is 416 g/mol. The molecular weight excluding hydrogens is 386 g/mol. The maximum Gasteiger partial charge on any atom is 0.266 e. The Bertz CT molecular complexity index is 906. The van der Waals surface area contributed by atoms with Gasteiger partial charge in [-0.25, -0.2) is 8.78 Å². The summed E-state index contributed by atoms with van der Waals surface area (Å²) in [5.74, 6) is 1.55. The zero-order valence-corrected chi connectivity index (χ0v) is 17.7. The van der Waals surface area contributed by atoms with Crippen molar-refractivity contribution in [2.45, 2.75) is 39.0 Å². The van der Waals surface area contributed by atoms with Crippen molar-refractivity contribution in [1.82, 2.24) is 14.9 Å². The summed E-state index contributed by atoms with van der Waals surface area (Å²) in [5, 5.41) is 0. The van der Waals surface area contributed by atoms with E-state index in [-0.39, 0.29) is 17.0 Å². The Balaban J connectivity index is 1.50. The molecule has 3 heterocycles. The molecule has 1 aromatic heterocycles. The van der Waals surface area contributed by atoms with Crippen molar-refractivity contribution >= 4 is 22.5 Å². The highest BCUT2D eigenvalue weighted by Gasteiger charge is 2.30. The Hall–Kier alpha value is -2.15. The molecule has 0 saturated carbocycles. The number of alkyl halides is 2. The normalized spacial score (nSPS) is 25.4. The number of carbonyl (C=O) groups is 1. The number of fused-ring (bicyclic) bond motifs is 1. The molecule has 162 valence electrons. The van der Waals surface area contributed by atoms with Gasteiger partial charge in [-0.2, -0.15) is 0 Å². The van der Waals surface area contributed by atoms with Crippen LogP contribution in [0.25, 0.3) is 11.0 Å². The van der Waals surface area contributed by atoms with Gasteiger partial charge < -0.3 is 9.80 Å². The molecule has 30 heavy (non-hydrogen) atoms. The lowest BCUT2D eigenvalue weighted by atomic mass is 9.85. The fourth-order valence-electron chi connectivity index (χ4n) is 5.24. The molecule has 7 heteroatoms. The summed E-state index contributed by atoms with van der Waals surface area (Å²) in [5.41, 5.74) is 1.54. The average molecular weight is 417 g/mol. The van der Waals surface area contributed by atoms with Crippen LogP contribution in [0.5, 0.6) is 0 Å². The van der Waals surface area contributed by atoms with Gasteiger partial charge >= 0.3 is 0 Å². The molecule has 0 radical (unpaired) electrons. The van der Waals surface area contributed by atoms with Crippen LogP contribution in [0.3, 0.4) is 0 Å². The number of likely N-dealkylation sites (tertiary alicyclic amines) is 1. The van der Waals surface area contributed by atoms with E-state index in [1.807, 2.05) is 0 Å². The van der Waals surface area contributed by atoms with E-state index in [0.29, 0.717) is 36.0 Å². The van der Waals surface area contributed by atoms with Crippen LogP contribution in [-0.2, 0) is 4.79 Å². The van der Waals surface area contributed by atoms with Crippen LogP contribution < -0.4 is 4.90 Å². The molecule has 3 atom stereocenters. The van der Waals surface area contributed by atoms with Gasteiger partial charge in [0.25, 0.3) is 6.43 Å². The molecule has 0 aliphatic carbocycles. The molecule has 2 aliphatic rings. The molecule has 1 unspecified atom stereocenters. The van der Waals surface area contributed by atoms with Crippen molar-refractivity contribution in [2.24, 2.45) is 17.8 Å². The van der Waals surface area contributed by atoms with Gasteiger partial charge in [-0.1, -0.05) is 6.92 Å². The van der Waals surface area contributed by atoms with Crippen LogP contribution in [0.1, 0.15) is 44.6 Å². The van der Waals surface area contributed by atoms with Gasteiger partial charge in [-0.15, -0.1) is 0 Å². The standard InChI is InChI=1S/C23H30F2N4O/c1-15-9-17(11-18(30)10-16-5-8-28(2)13-16)14-29(12-15)20-4-3-19(23(24)25)21-22(20)27-7-6-26-21/h3-4,6-7,15-17,23H,5,8-14H2,1-2H3/t15-,16?,17-/m0/s1. The van der Waals surface area contributed by atoms with E-state index in [0.717, 1.165) is 44.7 Å². The number of hydrogen-bond donors (Lipinski definition) is 0. The molecule has 2 aromatic rings. The Morgan fingerprint density at radius 2 is 1.83 bits per heavy atom. The van der Waals surface area contributed by atoms with Crippen LogP contribution in [0.4, 0.5) is 14.5 Å². The first-order valence-corrected chi connectivity index (χ1v) is 10.9. The number of benzene rings is 1. The maximum atomic E-state index is 13.4. The SMILES string of the molecule is C[C@H]1C[C@@H](CC(=O)CC2CCN(C)C2)CN(c2ccc(C(F)F)c3nccnc23)C1. The quantitative estimate of drug-likeness (QED) is 0.702. The lowest BCUT2D eigenvalue weighted by Gasteiger charge is -2.38. The third-order valence-corrected chi connectivity index (χ3v) is 6.48.